The summed E-state index contributed by atoms with van der Waals surface area (Å²) in [7, 11) is -1.79. The van der Waals surface area contributed by atoms with Gasteiger partial charge >= 0.3 is 5.97 Å². The number of sulfonamides is 1. The number of hydrogen-bond donors (Lipinski definition) is 5. The van der Waals surface area contributed by atoms with Gasteiger partial charge in [0.15, 0.2) is 12.2 Å². The predicted octanol–water partition coefficient (Wildman–Crippen LogP) is 0.821. The summed E-state index contributed by atoms with van der Waals surface area (Å²) in [6, 6.07) is 10.4. The standard InChI is InChI=1S/C28H37Cl2N3O10S/c1-33-16-22(21-14-19(29)15-24(30)23(21)17-33)18-3-2-4-20(13-18)44(39,40)32-6-8-42-10-12-43-11-9-41-7-5-31-27(36)25(34)26(35)28(37)38/h2-4,13-15,22,25-26,32,34-35H,5-12,16-17H2,1H3,(H,31,36)(H,37,38)/t22?,25-,26-/m1/s1. The van der Waals surface area contributed by atoms with E-state index in [2.05, 4.69) is 14.9 Å². The van der Waals surface area contributed by atoms with Gasteiger partial charge in [-0.2, -0.15) is 0 Å². The summed E-state index contributed by atoms with van der Waals surface area (Å²) in [6.07, 6.45) is -4.29. The lowest BCUT2D eigenvalue weighted by Gasteiger charge is -2.33. The van der Waals surface area contributed by atoms with E-state index in [1.807, 2.05) is 19.2 Å². The number of fused-ring (bicyclic) bond motifs is 1. The Balaban J connectivity index is 1.32. The molecule has 2 aromatic rings. The Morgan fingerprint density at radius 2 is 1.61 bits per heavy atom. The van der Waals surface area contributed by atoms with Gasteiger partial charge in [0.1, 0.15) is 0 Å². The van der Waals surface area contributed by atoms with Gasteiger partial charge in [-0.15, -0.1) is 0 Å². The van der Waals surface area contributed by atoms with Crippen molar-refractivity contribution in [2.24, 2.45) is 0 Å². The lowest BCUT2D eigenvalue weighted by Crippen LogP contribution is -2.46. The molecule has 0 aromatic heterocycles. The molecule has 1 heterocycles. The smallest absolute Gasteiger partial charge is 0.335 e. The highest BCUT2D eigenvalue weighted by Crippen LogP contribution is 2.38. The maximum Gasteiger partial charge on any atom is 0.335 e. The molecule has 0 spiro atoms. The summed E-state index contributed by atoms with van der Waals surface area (Å²) in [4.78, 5) is 24.3. The molecule has 0 fully saturated rings. The fraction of sp³-hybridized carbons (Fsp3) is 0.500. The second-order valence-corrected chi connectivity index (χ2v) is 12.6. The number of halogens is 2. The number of nitrogens with one attached hydrogen (secondary N) is 2. The molecule has 1 aliphatic rings. The Labute approximate surface area is 266 Å². The summed E-state index contributed by atoms with van der Waals surface area (Å²) < 4.78 is 44.5. The van der Waals surface area contributed by atoms with Crippen molar-refractivity contribution in [2.75, 3.05) is 66.3 Å². The number of carbonyl (C=O) groups excluding carboxylic acids is 1. The van der Waals surface area contributed by atoms with Crippen LogP contribution in [-0.2, 0) is 40.4 Å². The van der Waals surface area contributed by atoms with Gasteiger partial charge in [-0.25, -0.2) is 17.9 Å². The lowest BCUT2D eigenvalue weighted by molar-refractivity contribution is -0.158. The topological polar surface area (TPSA) is 184 Å². The Bertz CT molecular complexity index is 1380. The third-order valence-corrected chi connectivity index (χ3v) is 8.73. The van der Waals surface area contributed by atoms with Crippen molar-refractivity contribution in [1.82, 2.24) is 14.9 Å². The molecule has 1 aliphatic heterocycles. The highest BCUT2D eigenvalue weighted by molar-refractivity contribution is 7.89. The zero-order chi connectivity index (χ0) is 32.3. The molecule has 0 saturated heterocycles. The number of amides is 1. The zero-order valence-corrected chi connectivity index (χ0v) is 26.4. The molecule has 0 saturated carbocycles. The Morgan fingerprint density at radius 1 is 0.977 bits per heavy atom. The molecular weight excluding hydrogens is 641 g/mol. The number of carboxylic acid groups (broad SMARTS) is 1. The van der Waals surface area contributed by atoms with Gasteiger partial charge < -0.3 is 39.7 Å². The van der Waals surface area contributed by atoms with Crippen LogP contribution >= 0.6 is 23.2 Å². The van der Waals surface area contributed by atoms with Crippen LogP contribution in [0, 0.1) is 0 Å². The van der Waals surface area contributed by atoms with E-state index in [1.165, 1.54) is 0 Å². The average molecular weight is 679 g/mol. The number of carboxylic acids is 1. The molecule has 16 heteroatoms. The predicted molar refractivity (Wildman–Crippen MR) is 161 cm³/mol. The van der Waals surface area contributed by atoms with Gasteiger partial charge in [-0.1, -0.05) is 35.3 Å². The van der Waals surface area contributed by atoms with Crippen LogP contribution in [-0.4, -0.2) is 119 Å². The maximum absolute atomic E-state index is 13.0. The number of hydrogen-bond acceptors (Lipinski definition) is 10. The fourth-order valence-corrected chi connectivity index (χ4v) is 6.17. The number of aliphatic hydroxyl groups is 2. The first-order valence-corrected chi connectivity index (χ1v) is 16.0. The maximum atomic E-state index is 13.0. The van der Waals surface area contributed by atoms with Gasteiger partial charge in [-0.3, -0.25) is 4.79 Å². The molecule has 5 N–H and O–H groups in total. The average Bonchev–Trinajstić information content (AvgIpc) is 2.98. The molecule has 1 amide bonds. The third kappa shape index (κ3) is 10.6. The van der Waals surface area contributed by atoms with Crippen LogP contribution in [0.5, 0.6) is 0 Å². The first-order valence-electron chi connectivity index (χ1n) is 13.8. The van der Waals surface area contributed by atoms with Crippen LogP contribution in [0.2, 0.25) is 10.0 Å². The van der Waals surface area contributed by atoms with E-state index in [0.29, 0.717) is 23.1 Å². The largest absolute Gasteiger partial charge is 0.479 e. The van der Waals surface area contributed by atoms with Crippen LogP contribution in [0.3, 0.4) is 0 Å². The lowest BCUT2D eigenvalue weighted by atomic mass is 9.85. The van der Waals surface area contributed by atoms with Gasteiger partial charge in [-0.05, 0) is 48.0 Å². The van der Waals surface area contributed by atoms with Crippen molar-refractivity contribution < 1.29 is 47.5 Å². The Kier molecular flexibility index (Phi) is 14.2. The van der Waals surface area contributed by atoms with Gasteiger partial charge in [0, 0.05) is 42.1 Å². The second-order valence-electron chi connectivity index (χ2n) is 10.0. The van der Waals surface area contributed by atoms with E-state index < -0.39 is 34.1 Å². The molecule has 0 aliphatic carbocycles. The second kappa shape index (κ2) is 17.4. The number of aliphatic carboxylic acids is 1. The van der Waals surface area contributed by atoms with Crippen LogP contribution in [0.1, 0.15) is 22.6 Å². The van der Waals surface area contributed by atoms with Crippen LogP contribution < -0.4 is 10.0 Å². The minimum atomic E-state index is -3.78. The molecule has 13 nitrogen and oxygen atoms in total. The van der Waals surface area contributed by atoms with Gasteiger partial charge in [0.05, 0.1) is 44.5 Å². The minimum absolute atomic E-state index is 0.00116. The Morgan fingerprint density at radius 3 is 2.27 bits per heavy atom. The van der Waals surface area contributed by atoms with E-state index >= 15 is 0 Å². The first-order chi connectivity index (χ1) is 20.9. The zero-order valence-electron chi connectivity index (χ0n) is 24.1. The van der Waals surface area contributed by atoms with Crippen molar-refractivity contribution in [2.45, 2.75) is 29.6 Å². The van der Waals surface area contributed by atoms with E-state index in [1.54, 1.807) is 24.3 Å². The number of benzene rings is 2. The molecular formula is C28H37Cl2N3O10S. The number of carbonyl (C=O) groups is 2. The van der Waals surface area contributed by atoms with Crippen LogP contribution in [0.25, 0.3) is 0 Å². The summed E-state index contributed by atoms with van der Waals surface area (Å²) in [6.45, 7) is 2.58. The monoisotopic (exact) mass is 677 g/mol. The normalized spacial score (nSPS) is 16.7. The number of likely N-dealkylation sites (N-methyl/N-ethyl adjacent to an activating group) is 1. The summed E-state index contributed by atoms with van der Waals surface area (Å²) >= 11 is 12.7. The molecule has 0 radical (unpaired) electrons. The van der Waals surface area contributed by atoms with E-state index in [4.69, 9.17) is 47.6 Å². The summed E-state index contributed by atoms with van der Waals surface area (Å²) in [5, 5.41) is 30.4. The van der Waals surface area contributed by atoms with E-state index in [9.17, 15) is 23.1 Å². The number of ether oxygens (including phenoxy) is 3. The van der Waals surface area contributed by atoms with Gasteiger partial charge in [0.25, 0.3) is 5.91 Å². The highest BCUT2D eigenvalue weighted by atomic mass is 35.5. The summed E-state index contributed by atoms with van der Waals surface area (Å²) in [5.41, 5.74) is 2.82. The molecule has 3 atom stereocenters. The highest BCUT2D eigenvalue weighted by Gasteiger charge is 2.30. The van der Waals surface area contributed by atoms with Crippen molar-refractivity contribution in [3.63, 3.8) is 0 Å². The Hall–Kier alpha value is -2.37. The molecule has 2 aromatic carbocycles. The van der Waals surface area contributed by atoms with E-state index in [0.717, 1.165) is 16.7 Å². The number of aliphatic hydroxyl groups excluding tert-OH is 2. The van der Waals surface area contributed by atoms with Crippen molar-refractivity contribution >= 4 is 45.1 Å². The number of rotatable bonds is 18. The molecule has 1 unspecified atom stereocenters. The van der Waals surface area contributed by atoms with Crippen LogP contribution in [0.15, 0.2) is 41.3 Å². The molecule has 3 rings (SSSR count). The number of nitrogens with zero attached hydrogens (tertiary/aromatic N) is 1. The minimum Gasteiger partial charge on any atom is -0.479 e. The summed E-state index contributed by atoms with van der Waals surface area (Å²) in [5.74, 6) is -2.83. The molecule has 44 heavy (non-hydrogen) atoms. The van der Waals surface area contributed by atoms with Gasteiger partial charge in [0.2, 0.25) is 10.0 Å². The van der Waals surface area contributed by atoms with Crippen molar-refractivity contribution in [3.8, 4) is 0 Å². The van der Waals surface area contributed by atoms with E-state index in [-0.39, 0.29) is 63.5 Å². The molecule has 244 valence electrons. The van der Waals surface area contributed by atoms with Crippen LogP contribution in [0.4, 0.5) is 0 Å². The fourth-order valence-electron chi connectivity index (χ4n) is 4.53. The quantitative estimate of drug-likeness (QED) is 0.141. The third-order valence-electron chi connectivity index (χ3n) is 6.71. The van der Waals surface area contributed by atoms with Crippen molar-refractivity contribution in [1.29, 1.82) is 0 Å². The first kappa shape index (κ1) is 36.1. The molecule has 0 bridgehead atoms. The van der Waals surface area contributed by atoms with Crippen molar-refractivity contribution in [3.05, 3.63) is 63.1 Å². The SMILES string of the molecule is CN1Cc2c(Cl)cc(Cl)cc2C(c2cccc(S(=O)(=O)NCCOCCOCCOCCNC(=O)[C@H](O)[C@@H](O)C(=O)O)c2)C1.